The first kappa shape index (κ1) is 19.7. The molecule has 0 aliphatic heterocycles. The molecule has 0 unspecified atom stereocenters. The summed E-state index contributed by atoms with van der Waals surface area (Å²) in [5.41, 5.74) is 6.39. The molecule has 120 valence electrons. The number of carbonyl (C=O) groups is 1. The van der Waals surface area contributed by atoms with Crippen LogP contribution in [-0.2, 0) is 4.79 Å². The van der Waals surface area contributed by atoms with E-state index in [1.807, 2.05) is 36.2 Å². The number of ether oxygens (including phenoxy) is 1. The number of nitrogens with two attached hydrogens (primary N) is 1. The van der Waals surface area contributed by atoms with Crippen molar-refractivity contribution >= 4 is 24.0 Å². The number of benzene rings is 1. The maximum atomic E-state index is 12.0. The fraction of sp³-hybridized carbons (Fsp3) is 0.533. The topological polar surface area (TPSA) is 67.6 Å². The van der Waals surface area contributed by atoms with Crippen LogP contribution in [0.5, 0.6) is 5.75 Å². The van der Waals surface area contributed by atoms with Crippen LogP contribution in [0, 0.1) is 5.41 Å². The summed E-state index contributed by atoms with van der Waals surface area (Å²) in [7, 11) is 3.50. The lowest BCUT2D eigenvalue weighted by Crippen LogP contribution is -2.40. The number of hydrogen-bond acceptors (Lipinski definition) is 4. The van der Waals surface area contributed by atoms with Crippen molar-refractivity contribution in [3.63, 3.8) is 0 Å². The summed E-state index contributed by atoms with van der Waals surface area (Å²) in [4.78, 5) is 14.0. The Balaban J connectivity index is 0.00000400. The standard InChI is InChI=1S/C15H25N3O2.ClH/c1-15(2,10-16)11-18(3)9-14(19)17-12-7-5-6-8-13(12)20-4;/h5-8H,9-11,16H2,1-4H3,(H,17,19);1H. The number of rotatable bonds is 7. The van der Waals surface area contributed by atoms with Crippen molar-refractivity contribution < 1.29 is 9.53 Å². The van der Waals surface area contributed by atoms with Crippen molar-refractivity contribution in [2.75, 3.05) is 39.1 Å². The summed E-state index contributed by atoms with van der Waals surface area (Å²) in [6.07, 6.45) is 0. The summed E-state index contributed by atoms with van der Waals surface area (Å²) in [5, 5.41) is 2.86. The van der Waals surface area contributed by atoms with Crippen LogP contribution >= 0.6 is 12.4 Å². The summed E-state index contributed by atoms with van der Waals surface area (Å²) in [6.45, 7) is 5.85. The molecule has 0 radical (unpaired) electrons. The molecule has 0 saturated carbocycles. The second kappa shape index (κ2) is 8.87. The van der Waals surface area contributed by atoms with Gasteiger partial charge in [0.15, 0.2) is 0 Å². The number of hydrogen-bond donors (Lipinski definition) is 2. The number of nitrogens with zero attached hydrogens (tertiary/aromatic N) is 1. The Morgan fingerprint density at radius 2 is 2.00 bits per heavy atom. The van der Waals surface area contributed by atoms with Crippen LogP contribution < -0.4 is 15.8 Å². The lowest BCUT2D eigenvalue weighted by atomic mass is 9.93. The Labute approximate surface area is 133 Å². The number of nitrogens with one attached hydrogen (secondary N) is 1. The zero-order valence-corrected chi connectivity index (χ0v) is 14.0. The number of amides is 1. The van der Waals surface area contributed by atoms with E-state index in [1.54, 1.807) is 7.11 Å². The highest BCUT2D eigenvalue weighted by atomic mass is 35.5. The van der Waals surface area contributed by atoms with E-state index in [1.165, 1.54) is 0 Å². The molecular formula is C15H26ClN3O2. The molecule has 0 spiro atoms. The van der Waals surface area contributed by atoms with E-state index in [0.29, 0.717) is 24.5 Å². The normalized spacial score (nSPS) is 11.0. The first-order chi connectivity index (χ1) is 9.38. The van der Waals surface area contributed by atoms with Crippen LogP contribution in [-0.4, -0.2) is 44.6 Å². The van der Waals surface area contributed by atoms with Crippen molar-refractivity contribution in [1.82, 2.24) is 4.90 Å². The Morgan fingerprint density at radius 1 is 1.38 bits per heavy atom. The van der Waals surface area contributed by atoms with Gasteiger partial charge >= 0.3 is 0 Å². The van der Waals surface area contributed by atoms with E-state index < -0.39 is 0 Å². The summed E-state index contributed by atoms with van der Waals surface area (Å²) in [5.74, 6) is 0.593. The van der Waals surface area contributed by atoms with Crippen LogP contribution in [0.3, 0.4) is 0 Å². The van der Waals surface area contributed by atoms with Crippen LogP contribution in [0.1, 0.15) is 13.8 Å². The number of halogens is 1. The van der Waals surface area contributed by atoms with E-state index in [0.717, 1.165) is 6.54 Å². The van der Waals surface area contributed by atoms with Gasteiger partial charge in [-0.2, -0.15) is 0 Å². The summed E-state index contributed by atoms with van der Waals surface area (Å²) >= 11 is 0. The van der Waals surface area contributed by atoms with Crippen molar-refractivity contribution in [2.45, 2.75) is 13.8 Å². The predicted octanol–water partition coefficient (Wildman–Crippen LogP) is 1.97. The van der Waals surface area contributed by atoms with Crippen molar-refractivity contribution in [1.29, 1.82) is 0 Å². The molecule has 6 heteroatoms. The fourth-order valence-electron chi connectivity index (χ4n) is 2.03. The second-order valence-electron chi connectivity index (χ2n) is 5.79. The van der Waals surface area contributed by atoms with Crippen molar-refractivity contribution in [3.05, 3.63) is 24.3 Å². The third-order valence-electron chi connectivity index (χ3n) is 3.05. The number of likely N-dealkylation sites (N-methyl/N-ethyl adjacent to an activating group) is 1. The monoisotopic (exact) mass is 315 g/mol. The maximum absolute atomic E-state index is 12.0. The quantitative estimate of drug-likeness (QED) is 0.807. The van der Waals surface area contributed by atoms with Gasteiger partial charge in [-0.15, -0.1) is 12.4 Å². The summed E-state index contributed by atoms with van der Waals surface area (Å²) in [6, 6.07) is 7.36. The first-order valence-corrected chi connectivity index (χ1v) is 6.69. The number of para-hydroxylation sites is 2. The minimum Gasteiger partial charge on any atom is -0.495 e. The van der Waals surface area contributed by atoms with Crippen molar-refractivity contribution in [2.24, 2.45) is 11.1 Å². The molecule has 0 bridgehead atoms. The number of carbonyl (C=O) groups excluding carboxylic acids is 1. The van der Waals surface area contributed by atoms with Gasteiger partial charge in [0.1, 0.15) is 5.75 Å². The molecule has 1 aromatic carbocycles. The van der Waals surface area contributed by atoms with Gasteiger partial charge in [0.05, 0.1) is 19.3 Å². The van der Waals surface area contributed by atoms with Gasteiger partial charge in [0.25, 0.3) is 0 Å². The molecule has 0 heterocycles. The summed E-state index contributed by atoms with van der Waals surface area (Å²) < 4.78 is 5.20. The number of methoxy groups -OCH3 is 1. The van der Waals surface area contributed by atoms with E-state index in [9.17, 15) is 4.79 Å². The average molecular weight is 316 g/mol. The second-order valence-corrected chi connectivity index (χ2v) is 5.79. The Morgan fingerprint density at radius 3 is 2.57 bits per heavy atom. The van der Waals surface area contributed by atoms with Gasteiger partial charge in [-0.05, 0) is 31.1 Å². The molecule has 0 saturated heterocycles. The van der Waals surface area contributed by atoms with E-state index >= 15 is 0 Å². The highest BCUT2D eigenvalue weighted by molar-refractivity contribution is 5.93. The van der Waals surface area contributed by atoms with Crippen LogP contribution in [0.4, 0.5) is 5.69 Å². The van der Waals surface area contributed by atoms with E-state index in [4.69, 9.17) is 10.5 Å². The largest absolute Gasteiger partial charge is 0.495 e. The zero-order chi connectivity index (χ0) is 15.2. The van der Waals surface area contributed by atoms with Crippen LogP contribution in [0.25, 0.3) is 0 Å². The highest BCUT2D eigenvalue weighted by Crippen LogP contribution is 2.23. The maximum Gasteiger partial charge on any atom is 0.238 e. The highest BCUT2D eigenvalue weighted by Gasteiger charge is 2.19. The van der Waals surface area contributed by atoms with Gasteiger partial charge in [0.2, 0.25) is 5.91 Å². The molecule has 21 heavy (non-hydrogen) atoms. The third kappa shape index (κ3) is 6.80. The lowest BCUT2D eigenvalue weighted by Gasteiger charge is -2.28. The molecule has 0 aromatic heterocycles. The van der Waals surface area contributed by atoms with Gasteiger partial charge in [0, 0.05) is 6.54 Å². The zero-order valence-electron chi connectivity index (χ0n) is 13.2. The third-order valence-corrected chi connectivity index (χ3v) is 3.05. The Kier molecular flexibility index (Phi) is 8.32. The molecule has 5 nitrogen and oxygen atoms in total. The predicted molar refractivity (Wildman–Crippen MR) is 89.2 cm³/mol. The SMILES string of the molecule is COc1ccccc1NC(=O)CN(C)CC(C)(C)CN.Cl. The number of anilines is 1. The molecule has 3 N–H and O–H groups in total. The minimum atomic E-state index is -0.0650. The smallest absolute Gasteiger partial charge is 0.238 e. The van der Waals surface area contributed by atoms with E-state index in [-0.39, 0.29) is 23.7 Å². The minimum absolute atomic E-state index is 0. The molecule has 1 aromatic rings. The molecular weight excluding hydrogens is 290 g/mol. The van der Waals surface area contributed by atoms with Gasteiger partial charge in [-0.25, -0.2) is 0 Å². The average Bonchev–Trinajstić information content (AvgIpc) is 2.38. The molecule has 0 atom stereocenters. The van der Waals surface area contributed by atoms with Crippen LogP contribution in [0.15, 0.2) is 24.3 Å². The molecule has 1 rings (SSSR count). The molecule has 0 aliphatic rings. The first-order valence-electron chi connectivity index (χ1n) is 6.69. The Bertz CT molecular complexity index is 452. The Hall–Kier alpha value is -1.30. The van der Waals surface area contributed by atoms with Gasteiger partial charge in [-0.3, -0.25) is 9.69 Å². The van der Waals surface area contributed by atoms with Crippen LogP contribution in [0.2, 0.25) is 0 Å². The molecule has 0 aliphatic carbocycles. The lowest BCUT2D eigenvalue weighted by molar-refractivity contribution is -0.117. The fourth-order valence-corrected chi connectivity index (χ4v) is 2.03. The molecule has 1 amide bonds. The van der Waals surface area contributed by atoms with E-state index in [2.05, 4.69) is 19.2 Å². The van der Waals surface area contributed by atoms with Gasteiger partial charge < -0.3 is 15.8 Å². The van der Waals surface area contributed by atoms with Gasteiger partial charge in [-0.1, -0.05) is 26.0 Å². The molecule has 0 fully saturated rings. The van der Waals surface area contributed by atoms with Crippen molar-refractivity contribution in [3.8, 4) is 5.75 Å².